The van der Waals surface area contributed by atoms with Crippen LogP contribution in [0.1, 0.15) is 26.3 Å². The van der Waals surface area contributed by atoms with E-state index in [4.69, 9.17) is 24.3 Å². The Hall–Kier alpha value is -2.86. The van der Waals surface area contributed by atoms with Gasteiger partial charge in [0.05, 0.1) is 15.8 Å². The van der Waals surface area contributed by atoms with Gasteiger partial charge < -0.3 is 35.1 Å². The van der Waals surface area contributed by atoms with E-state index in [1.54, 1.807) is 0 Å². The smallest absolute Gasteiger partial charge is 0.772 e. The van der Waals surface area contributed by atoms with Crippen LogP contribution in [0.4, 0.5) is 0 Å². The minimum Gasteiger partial charge on any atom is -0.772 e. The second kappa shape index (κ2) is 21.9. The fourth-order valence-electron chi connectivity index (χ4n) is 5.89. The van der Waals surface area contributed by atoms with Gasteiger partial charge in [0.2, 0.25) is 0 Å². The summed E-state index contributed by atoms with van der Waals surface area (Å²) in [7, 11) is -0.424. The molecule has 0 spiro atoms. The standard InChI is InChI=1S/2C18H15P.C11H16S3.Pt/c2*1-4-10-16(11-5-1)19(17-12-6-2-7-13-17)18-14-8-3-9-15-18;1-10(2,3)11(12,14-13)9-7-5-4-6-8-9;/h2*1-15H;4-8,12-13H,1-3H3;/q;;;+2. The van der Waals surface area contributed by atoms with Gasteiger partial charge in [0.1, 0.15) is 31.8 Å². The molecule has 0 aromatic heterocycles. The van der Waals surface area contributed by atoms with Gasteiger partial charge >= 0.3 is 21.1 Å². The Morgan fingerprint density at radius 1 is 0.358 bits per heavy atom. The van der Waals surface area contributed by atoms with Crippen LogP contribution in [0.5, 0.6) is 0 Å². The molecule has 0 fully saturated rings. The fraction of sp³-hybridized carbons (Fsp3) is 0.106. The van der Waals surface area contributed by atoms with Crippen molar-refractivity contribution in [1.82, 2.24) is 0 Å². The molecule has 0 nitrogen and oxygen atoms in total. The summed E-state index contributed by atoms with van der Waals surface area (Å²) in [5.41, 5.74) is 1.11. The Morgan fingerprint density at radius 2 is 0.547 bits per heavy atom. The maximum Gasteiger partial charge on any atom is 2.00 e. The molecule has 0 aliphatic heterocycles. The second-order valence-electron chi connectivity index (χ2n) is 13.3. The van der Waals surface area contributed by atoms with Crippen molar-refractivity contribution in [3.8, 4) is 0 Å². The molecule has 7 aromatic rings. The molecule has 0 heterocycles. The molecule has 7 aromatic carbocycles. The summed E-state index contributed by atoms with van der Waals surface area (Å²) < 4.78 is -0.413. The average Bonchev–Trinajstić information content (AvgIpc) is 3.21. The van der Waals surface area contributed by atoms with Crippen molar-refractivity contribution in [1.29, 1.82) is 0 Å². The van der Waals surface area contributed by atoms with Crippen molar-refractivity contribution >= 4 is 82.8 Å². The average molecular weight is 964 g/mol. The van der Waals surface area contributed by atoms with Crippen LogP contribution in [0, 0.1) is 5.41 Å². The molecule has 0 saturated carbocycles. The molecule has 270 valence electrons. The zero-order chi connectivity index (χ0) is 36.7. The van der Waals surface area contributed by atoms with E-state index in [9.17, 15) is 0 Å². The zero-order valence-corrected chi connectivity index (χ0v) is 37.0. The first-order valence-corrected chi connectivity index (χ1v) is 22.6. The van der Waals surface area contributed by atoms with Crippen molar-refractivity contribution in [3.05, 3.63) is 218 Å². The summed E-state index contributed by atoms with van der Waals surface area (Å²) in [6.07, 6.45) is 0. The van der Waals surface area contributed by atoms with E-state index >= 15 is 0 Å². The van der Waals surface area contributed by atoms with Gasteiger partial charge in [-0.1, -0.05) is 170 Å². The maximum absolute atomic E-state index is 5.67. The number of rotatable bonds is 8. The largest absolute Gasteiger partial charge is 2.00 e. The van der Waals surface area contributed by atoms with E-state index < -0.39 is 19.9 Å². The minimum atomic E-state index is -0.877. The van der Waals surface area contributed by atoms with Crippen molar-refractivity contribution in [2.45, 2.75) is 24.9 Å². The number of hydrogen-bond donors (Lipinski definition) is 0. The van der Waals surface area contributed by atoms with Crippen LogP contribution in [0.15, 0.2) is 212 Å². The molecule has 0 bridgehead atoms. The van der Waals surface area contributed by atoms with Crippen LogP contribution in [0.25, 0.3) is 0 Å². The third kappa shape index (κ3) is 12.1. The quantitative estimate of drug-likeness (QED) is 0.0847. The van der Waals surface area contributed by atoms with Crippen LogP contribution < -0.4 is 31.8 Å². The Bertz CT molecular complexity index is 1690. The predicted molar refractivity (Wildman–Crippen MR) is 243 cm³/mol. The second-order valence-corrected chi connectivity index (χ2v) is 20.4. The monoisotopic (exact) mass is 963 g/mol. The van der Waals surface area contributed by atoms with Crippen LogP contribution in [0.3, 0.4) is 0 Å². The topological polar surface area (TPSA) is 0 Å². The molecule has 0 aliphatic carbocycles. The van der Waals surface area contributed by atoms with E-state index in [0.717, 1.165) is 5.56 Å². The van der Waals surface area contributed by atoms with Crippen LogP contribution in [0.2, 0.25) is 0 Å². The first-order valence-electron chi connectivity index (χ1n) is 17.4. The molecule has 0 saturated heterocycles. The van der Waals surface area contributed by atoms with E-state index in [0.29, 0.717) is 0 Å². The molecule has 7 rings (SSSR count). The SMILES string of the molecule is CC(C)(C)C([S-])(S[S-])c1ccccc1.[Pt+2].c1ccc([PH+](c2ccccc2)c2ccccc2)cc1.c1ccc([PH+](c2ccccc2)c2ccccc2)cc1. The predicted octanol–water partition coefficient (Wildman–Crippen LogP) is 9.98. The molecular weight excluding hydrogens is 918 g/mol. The van der Waals surface area contributed by atoms with E-state index in [2.05, 4.69) is 215 Å². The summed E-state index contributed by atoms with van der Waals surface area (Å²) in [5.74, 6) is 0. The van der Waals surface area contributed by atoms with Gasteiger partial charge in [-0.2, -0.15) is 0 Å². The Balaban J connectivity index is 0.000000179. The van der Waals surface area contributed by atoms with Crippen molar-refractivity contribution in [2.75, 3.05) is 0 Å². The minimum absolute atomic E-state index is 0. The van der Waals surface area contributed by atoms with Crippen LogP contribution in [-0.2, 0) is 49.4 Å². The first-order chi connectivity index (χ1) is 25.3. The van der Waals surface area contributed by atoms with Crippen LogP contribution in [-0.4, -0.2) is 0 Å². The normalized spacial score (nSPS) is 11.9. The molecule has 0 aliphatic rings. The summed E-state index contributed by atoms with van der Waals surface area (Å²) >= 11 is 10.8. The van der Waals surface area contributed by atoms with E-state index in [1.165, 1.54) is 42.6 Å². The molecule has 6 heteroatoms. The van der Waals surface area contributed by atoms with Crippen molar-refractivity contribution in [3.63, 3.8) is 0 Å². The summed E-state index contributed by atoms with van der Waals surface area (Å²) in [4.78, 5) is 0. The number of hydrogen-bond acceptors (Lipinski definition) is 3. The third-order valence-electron chi connectivity index (χ3n) is 8.63. The van der Waals surface area contributed by atoms with Gasteiger partial charge in [-0.15, -0.1) is 0 Å². The Labute approximate surface area is 349 Å². The van der Waals surface area contributed by atoms with Gasteiger partial charge in [-0.3, -0.25) is 0 Å². The van der Waals surface area contributed by atoms with Crippen LogP contribution >= 0.6 is 26.6 Å². The van der Waals surface area contributed by atoms with E-state index in [-0.39, 0.29) is 26.5 Å². The molecule has 0 amide bonds. The first kappa shape index (κ1) is 42.9. The molecule has 1 unspecified atom stereocenters. The molecule has 53 heavy (non-hydrogen) atoms. The Kier molecular flexibility index (Phi) is 17.7. The summed E-state index contributed by atoms with van der Waals surface area (Å²) in [5, 5.41) is 8.61. The van der Waals surface area contributed by atoms with E-state index in [1.807, 2.05) is 18.2 Å². The Morgan fingerprint density at radius 3 is 0.717 bits per heavy atom. The van der Waals surface area contributed by atoms with Gasteiger partial charge in [0.25, 0.3) is 0 Å². The summed E-state index contributed by atoms with van der Waals surface area (Å²) in [6.45, 7) is 6.39. The zero-order valence-electron chi connectivity index (χ0n) is 30.2. The molecular formula is C47H46P2PtS3+2. The summed E-state index contributed by atoms with van der Waals surface area (Å²) in [6, 6.07) is 75.1. The van der Waals surface area contributed by atoms with Gasteiger partial charge in [-0.25, -0.2) is 0 Å². The third-order valence-corrected chi connectivity index (χ3v) is 17.3. The van der Waals surface area contributed by atoms with Crippen molar-refractivity contribution < 1.29 is 21.1 Å². The van der Waals surface area contributed by atoms with Crippen molar-refractivity contribution in [2.24, 2.45) is 5.41 Å². The van der Waals surface area contributed by atoms with Gasteiger partial charge in [0, 0.05) is 0 Å². The van der Waals surface area contributed by atoms with Gasteiger partial charge in [-0.05, 0) is 78.2 Å². The number of benzene rings is 7. The molecule has 1 atom stereocenters. The maximum atomic E-state index is 5.67. The molecule has 0 radical (unpaired) electrons. The molecule has 0 N–H and O–H groups in total. The van der Waals surface area contributed by atoms with Gasteiger partial charge in [0.15, 0.2) is 0 Å². The fourth-order valence-corrected chi connectivity index (χ4v) is 12.7.